The van der Waals surface area contributed by atoms with Crippen molar-refractivity contribution in [3.8, 4) is 0 Å². The molecule has 3 rings (SSSR count). The predicted octanol–water partition coefficient (Wildman–Crippen LogP) is 3.73. The van der Waals surface area contributed by atoms with Crippen LogP contribution in [0.25, 0.3) is 0 Å². The predicted molar refractivity (Wildman–Crippen MR) is 73.8 cm³/mol. The number of fused-ring (bicyclic) bond motifs is 1. The molecule has 1 aromatic rings. The van der Waals surface area contributed by atoms with E-state index in [9.17, 15) is 0 Å². The first-order valence-electron chi connectivity index (χ1n) is 5.92. The maximum absolute atomic E-state index is 6.06. The van der Waals surface area contributed by atoms with Crippen LogP contribution in [0.2, 0.25) is 4.34 Å². The molecule has 1 aliphatic heterocycles. The lowest BCUT2D eigenvalue weighted by atomic mass is 10.1. The van der Waals surface area contributed by atoms with Crippen LogP contribution in [0.5, 0.6) is 0 Å². The number of thioether (sulfide) groups is 1. The summed E-state index contributed by atoms with van der Waals surface area (Å²) in [5, 5.41) is 3.73. The first-order valence-corrected chi connectivity index (χ1v) is 8.27. The van der Waals surface area contributed by atoms with Crippen molar-refractivity contribution in [3.63, 3.8) is 0 Å². The van der Waals surface area contributed by atoms with E-state index in [1.54, 1.807) is 11.3 Å². The molecule has 1 N–H and O–H groups in total. The minimum atomic E-state index is 0.573. The summed E-state index contributed by atoms with van der Waals surface area (Å²) in [5.74, 6) is 3.59. The molecule has 2 heterocycles. The molecule has 2 atom stereocenters. The number of halogens is 1. The van der Waals surface area contributed by atoms with Crippen molar-refractivity contribution in [2.75, 3.05) is 18.1 Å². The third-order valence-electron chi connectivity index (χ3n) is 3.52. The van der Waals surface area contributed by atoms with Gasteiger partial charge in [-0.3, -0.25) is 0 Å². The van der Waals surface area contributed by atoms with Gasteiger partial charge in [-0.2, -0.15) is 11.8 Å². The van der Waals surface area contributed by atoms with Crippen LogP contribution in [0.4, 0.5) is 0 Å². The summed E-state index contributed by atoms with van der Waals surface area (Å²) < 4.78 is 0.952. The van der Waals surface area contributed by atoms with E-state index in [1.807, 2.05) is 0 Å². The molecule has 16 heavy (non-hydrogen) atoms. The second-order valence-electron chi connectivity index (χ2n) is 4.66. The fourth-order valence-electron chi connectivity index (χ4n) is 2.60. The molecule has 88 valence electrons. The van der Waals surface area contributed by atoms with Crippen LogP contribution in [0.15, 0.2) is 6.07 Å². The van der Waals surface area contributed by atoms with E-state index < -0.39 is 0 Å². The summed E-state index contributed by atoms with van der Waals surface area (Å²) in [6, 6.07) is 2.74. The van der Waals surface area contributed by atoms with E-state index >= 15 is 0 Å². The Morgan fingerprint density at radius 3 is 3.19 bits per heavy atom. The Balaban J connectivity index is 1.59. The first-order chi connectivity index (χ1) is 7.83. The highest BCUT2D eigenvalue weighted by Crippen LogP contribution is 2.39. The highest BCUT2D eigenvalue weighted by Gasteiger charge is 2.25. The molecule has 1 nitrogen and oxygen atoms in total. The summed E-state index contributed by atoms with van der Waals surface area (Å²) >= 11 is 9.91. The average Bonchev–Trinajstić information content (AvgIpc) is 2.91. The summed E-state index contributed by atoms with van der Waals surface area (Å²) in [6.07, 6.45) is 3.86. The van der Waals surface area contributed by atoms with Gasteiger partial charge in [0.15, 0.2) is 0 Å². The van der Waals surface area contributed by atoms with Gasteiger partial charge < -0.3 is 5.32 Å². The molecule has 2 unspecified atom stereocenters. The van der Waals surface area contributed by atoms with Gasteiger partial charge in [0.05, 0.1) is 4.34 Å². The Morgan fingerprint density at radius 2 is 2.38 bits per heavy atom. The SMILES string of the molecule is Clc1cc2c(s1)CCC2NCC1CCSC1. The zero-order valence-electron chi connectivity index (χ0n) is 9.17. The zero-order valence-corrected chi connectivity index (χ0v) is 11.6. The minimum Gasteiger partial charge on any atom is -0.310 e. The highest BCUT2D eigenvalue weighted by atomic mass is 35.5. The fraction of sp³-hybridized carbons (Fsp3) is 0.667. The summed E-state index contributed by atoms with van der Waals surface area (Å²) in [5.41, 5.74) is 1.47. The van der Waals surface area contributed by atoms with Crippen LogP contribution in [-0.2, 0) is 6.42 Å². The van der Waals surface area contributed by atoms with Crippen molar-refractivity contribution in [2.45, 2.75) is 25.3 Å². The van der Waals surface area contributed by atoms with Crippen LogP contribution in [0.3, 0.4) is 0 Å². The first kappa shape index (κ1) is 11.4. The van der Waals surface area contributed by atoms with Crippen molar-refractivity contribution in [1.82, 2.24) is 5.32 Å². The molecular weight excluding hydrogens is 258 g/mol. The molecule has 0 amide bonds. The largest absolute Gasteiger partial charge is 0.310 e. The van der Waals surface area contributed by atoms with Gasteiger partial charge >= 0.3 is 0 Å². The van der Waals surface area contributed by atoms with Crippen molar-refractivity contribution in [3.05, 3.63) is 20.8 Å². The molecule has 0 saturated carbocycles. The standard InChI is InChI=1S/C12H16ClNS2/c13-12-5-9-10(1-2-11(9)16-12)14-6-8-3-4-15-7-8/h5,8,10,14H,1-4,6-7H2. The van der Waals surface area contributed by atoms with E-state index in [4.69, 9.17) is 11.6 Å². The third-order valence-corrected chi connectivity index (χ3v) is 6.10. The van der Waals surface area contributed by atoms with Crippen molar-refractivity contribution in [2.24, 2.45) is 5.92 Å². The Labute approximate surface area is 110 Å². The number of thiophene rings is 1. The molecule has 1 aliphatic carbocycles. The topological polar surface area (TPSA) is 12.0 Å². The molecule has 1 saturated heterocycles. The van der Waals surface area contributed by atoms with E-state index in [1.165, 1.54) is 47.8 Å². The van der Waals surface area contributed by atoms with Crippen LogP contribution >= 0.6 is 34.7 Å². The van der Waals surface area contributed by atoms with Crippen LogP contribution in [0.1, 0.15) is 29.3 Å². The molecule has 2 aliphatic rings. The maximum Gasteiger partial charge on any atom is 0.0934 e. The number of hydrogen-bond donors (Lipinski definition) is 1. The Hall–Kier alpha value is 0.300. The normalized spacial score (nSPS) is 28.6. The highest BCUT2D eigenvalue weighted by molar-refractivity contribution is 7.99. The molecular formula is C12H16ClNS2. The van der Waals surface area contributed by atoms with Gasteiger partial charge in [0.25, 0.3) is 0 Å². The smallest absolute Gasteiger partial charge is 0.0934 e. The zero-order chi connectivity index (χ0) is 11.0. The van der Waals surface area contributed by atoms with E-state index in [2.05, 4.69) is 23.1 Å². The molecule has 0 bridgehead atoms. The van der Waals surface area contributed by atoms with Crippen LogP contribution in [-0.4, -0.2) is 18.1 Å². The van der Waals surface area contributed by atoms with Gasteiger partial charge in [-0.25, -0.2) is 0 Å². The molecule has 4 heteroatoms. The summed E-state index contributed by atoms with van der Waals surface area (Å²) in [6.45, 7) is 1.19. The second-order valence-corrected chi connectivity index (χ2v) is 7.58. The Morgan fingerprint density at radius 1 is 1.44 bits per heavy atom. The monoisotopic (exact) mass is 273 g/mol. The van der Waals surface area contributed by atoms with Crippen molar-refractivity contribution in [1.29, 1.82) is 0 Å². The lowest BCUT2D eigenvalue weighted by molar-refractivity contribution is 0.457. The Kier molecular flexibility index (Phi) is 3.48. The number of rotatable bonds is 3. The molecule has 0 radical (unpaired) electrons. The number of aryl methyl sites for hydroxylation is 1. The van der Waals surface area contributed by atoms with Crippen molar-refractivity contribution < 1.29 is 0 Å². The van der Waals surface area contributed by atoms with Gasteiger partial charge in [0, 0.05) is 10.9 Å². The summed E-state index contributed by atoms with van der Waals surface area (Å²) in [4.78, 5) is 1.50. The third kappa shape index (κ3) is 2.28. The molecule has 0 aromatic carbocycles. The minimum absolute atomic E-state index is 0.573. The van der Waals surface area contributed by atoms with E-state index in [0.717, 1.165) is 10.3 Å². The summed E-state index contributed by atoms with van der Waals surface area (Å²) in [7, 11) is 0. The van der Waals surface area contributed by atoms with E-state index in [-0.39, 0.29) is 0 Å². The Bertz CT molecular complexity index is 371. The molecule has 1 aromatic heterocycles. The molecule has 0 spiro atoms. The van der Waals surface area contributed by atoms with Crippen LogP contribution in [0, 0.1) is 5.92 Å². The quantitative estimate of drug-likeness (QED) is 0.901. The fourth-order valence-corrected chi connectivity index (χ4v) is 5.24. The van der Waals surface area contributed by atoms with Crippen LogP contribution < -0.4 is 5.32 Å². The lowest BCUT2D eigenvalue weighted by Gasteiger charge is -2.16. The van der Waals surface area contributed by atoms with E-state index in [0.29, 0.717) is 6.04 Å². The number of nitrogens with one attached hydrogen (secondary N) is 1. The second kappa shape index (κ2) is 4.89. The average molecular weight is 274 g/mol. The van der Waals surface area contributed by atoms with Gasteiger partial charge in [-0.15, -0.1) is 11.3 Å². The van der Waals surface area contributed by atoms with Gasteiger partial charge in [0.2, 0.25) is 0 Å². The van der Waals surface area contributed by atoms with Gasteiger partial charge in [-0.05, 0) is 54.9 Å². The van der Waals surface area contributed by atoms with Gasteiger partial charge in [0.1, 0.15) is 0 Å². The number of hydrogen-bond acceptors (Lipinski definition) is 3. The molecule has 1 fully saturated rings. The van der Waals surface area contributed by atoms with Gasteiger partial charge in [-0.1, -0.05) is 11.6 Å². The lowest BCUT2D eigenvalue weighted by Crippen LogP contribution is -2.26. The maximum atomic E-state index is 6.06. The van der Waals surface area contributed by atoms with Crippen molar-refractivity contribution >= 4 is 34.7 Å².